The number of carbonyl (C=O) groups excluding carboxylic acids is 2. The van der Waals surface area contributed by atoms with Crippen molar-refractivity contribution in [1.82, 2.24) is 0 Å². The van der Waals surface area contributed by atoms with Crippen molar-refractivity contribution in [2.45, 2.75) is 25.3 Å². The van der Waals surface area contributed by atoms with E-state index in [1.807, 2.05) is 37.3 Å². The fraction of sp³-hybridized carbons (Fsp3) is 0.263. The summed E-state index contributed by atoms with van der Waals surface area (Å²) in [4.78, 5) is 27.2. The lowest BCUT2D eigenvalue weighted by Gasteiger charge is -2.30. The van der Waals surface area contributed by atoms with Gasteiger partial charge in [0.15, 0.2) is 0 Å². The molecule has 0 aromatic heterocycles. The monoisotopic (exact) mass is 341 g/mol. The van der Waals surface area contributed by atoms with E-state index in [0.29, 0.717) is 24.5 Å². The largest absolute Gasteiger partial charge is 0.462 e. The Balaban J connectivity index is 1.96. The second-order valence-electron chi connectivity index (χ2n) is 5.60. The Bertz CT molecular complexity index is 788. The number of esters is 1. The number of fused-ring (bicyclic) bond motifs is 1. The summed E-state index contributed by atoms with van der Waals surface area (Å²) in [6, 6.07) is 13.4. The van der Waals surface area contributed by atoms with Crippen LogP contribution in [0.4, 0.5) is 5.69 Å². The third-order valence-corrected chi connectivity index (χ3v) is 5.05. The molecule has 0 bridgehead atoms. The van der Waals surface area contributed by atoms with Crippen molar-refractivity contribution in [3.8, 4) is 0 Å². The van der Waals surface area contributed by atoms with E-state index >= 15 is 0 Å². The molecule has 0 saturated carbocycles. The maximum Gasteiger partial charge on any atom is 0.338 e. The Morgan fingerprint density at radius 1 is 1.25 bits per heavy atom. The molecule has 0 spiro atoms. The summed E-state index contributed by atoms with van der Waals surface area (Å²) in [6.45, 7) is 4.65. The molecule has 0 N–H and O–H groups in total. The average Bonchev–Trinajstić information content (AvgIpc) is 2.59. The van der Waals surface area contributed by atoms with E-state index < -0.39 is 0 Å². The van der Waals surface area contributed by atoms with Gasteiger partial charge in [0.1, 0.15) is 0 Å². The predicted octanol–water partition coefficient (Wildman–Crippen LogP) is 3.81. The molecular weight excluding hydrogens is 322 g/mol. The van der Waals surface area contributed by atoms with E-state index in [1.54, 1.807) is 24.0 Å². The Morgan fingerprint density at radius 3 is 2.79 bits per heavy atom. The lowest BCUT2D eigenvalue weighted by molar-refractivity contribution is -0.116. The minimum atomic E-state index is -0.362. The molecule has 1 amide bonds. The van der Waals surface area contributed by atoms with Crippen LogP contribution in [-0.4, -0.2) is 24.2 Å². The van der Waals surface area contributed by atoms with Crippen LogP contribution in [0, 0.1) is 6.92 Å². The second kappa shape index (κ2) is 7.09. The first-order valence-corrected chi connectivity index (χ1v) is 8.87. The van der Waals surface area contributed by atoms with Crippen molar-refractivity contribution in [3.63, 3.8) is 0 Å². The molecule has 2 aromatic rings. The molecule has 1 heterocycles. The number of benzene rings is 2. The number of hydrogen-bond donors (Lipinski definition) is 0. The summed E-state index contributed by atoms with van der Waals surface area (Å²) in [6.07, 6.45) is 0. The van der Waals surface area contributed by atoms with Gasteiger partial charge < -0.3 is 9.64 Å². The highest BCUT2D eigenvalue weighted by molar-refractivity contribution is 8.00. The zero-order valence-corrected chi connectivity index (χ0v) is 14.6. The first kappa shape index (κ1) is 16.6. The number of anilines is 1. The number of rotatable bonds is 4. The van der Waals surface area contributed by atoms with Crippen molar-refractivity contribution in [3.05, 3.63) is 59.2 Å². The van der Waals surface area contributed by atoms with Gasteiger partial charge in [0, 0.05) is 4.90 Å². The van der Waals surface area contributed by atoms with E-state index in [1.165, 1.54) is 11.8 Å². The predicted molar refractivity (Wildman–Crippen MR) is 95.5 cm³/mol. The minimum absolute atomic E-state index is 0.0526. The number of hydrogen-bond acceptors (Lipinski definition) is 4. The van der Waals surface area contributed by atoms with E-state index in [2.05, 4.69) is 0 Å². The lowest BCUT2D eigenvalue weighted by Crippen LogP contribution is -2.35. The molecule has 0 aliphatic carbocycles. The van der Waals surface area contributed by atoms with Gasteiger partial charge in [-0.15, -0.1) is 11.8 Å². The topological polar surface area (TPSA) is 46.6 Å². The van der Waals surface area contributed by atoms with Gasteiger partial charge in [0.05, 0.1) is 30.2 Å². The molecule has 0 saturated heterocycles. The fourth-order valence-corrected chi connectivity index (χ4v) is 3.59. The van der Waals surface area contributed by atoms with Gasteiger partial charge >= 0.3 is 5.97 Å². The van der Waals surface area contributed by atoms with Crippen molar-refractivity contribution >= 4 is 29.3 Å². The third-order valence-electron chi connectivity index (χ3n) is 4.00. The zero-order valence-electron chi connectivity index (χ0n) is 13.7. The maximum atomic E-state index is 12.5. The number of nitrogens with zero attached hydrogens (tertiary/aromatic N) is 1. The third kappa shape index (κ3) is 3.31. The van der Waals surface area contributed by atoms with Crippen molar-refractivity contribution in [2.75, 3.05) is 17.3 Å². The molecule has 2 aromatic carbocycles. The van der Waals surface area contributed by atoms with Crippen LogP contribution in [0.3, 0.4) is 0 Å². The van der Waals surface area contributed by atoms with E-state index in [-0.39, 0.29) is 11.9 Å². The lowest BCUT2D eigenvalue weighted by atomic mass is 10.1. The van der Waals surface area contributed by atoms with Crippen LogP contribution >= 0.6 is 11.8 Å². The fourth-order valence-electron chi connectivity index (χ4n) is 2.67. The molecular formula is C19H19NO3S. The second-order valence-corrected chi connectivity index (χ2v) is 6.62. The molecule has 3 rings (SSSR count). The summed E-state index contributed by atoms with van der Waals surface area (Å²) in [7, 11) is 0. The smallest absolute Gasteiger partial charge is 0.338 e. The van der Waals surface area contributed by atoms with Crippen molar-refractivity contribution < 1.29 is 14.3 Å². The highest BCUT2D eigenvalue weighted by Crippen LogP contribution is 2.37. The van der Waals surface area contributed by atoms with Gasteiger partial charge in [-0.2, -0.15) is 0 Å². The molecule has 124 valence electrons. The number of thioether (sulfide) groups is 1. The first-order chi connectivity index (χ1) is 11.6. The Hall–Kier alpha value is -2.27. The normalized spacial score (nSPS) is 13.6. The Kier molecular flexibility index (Phi) is 4.90. The SMILES string of the molecule is CCOC(=O)c1ccc2c(c1)N(Cc1ccccc1C)C(=O)CS2. The maximum absolute atomic E-state index is 12.5. The van der Waals surface area contributed by atoms with Gasteiger partial charge in [0.2, 0.25) is 5.91 Å². The first-order valence-electron chi connectivity index (χ1n) is 7.89. The van der Waals surface area contributed by atoms with Gasteiger partial charge in [-0.3, -0.25) is 4.79 Å². The molecule has 0 fully saturated rings. The quantitative estimate of drug-likeness (QED) is 0.794. The summed E-state index contributed by atoms with van der Waals surface area (Å²) in [5.74, 6) is 0.105. The molecule has 4 nitrogen and oxygen atoms in total. The highest BCUT2D eigenvalue weighted by Gasteiger charge is 2.26. The van der Waals surface area contributed by atoms with Crippen LogP contribution in [0.25, 0.3) is 0 Å². The minimum Gasteiger partial charge on any atom is -0.462 e. The van der Waals surface area contributed by atoms with Gasteiger partial charge in [-0.1, -0.05) is 24.3 Å². The van der Waals surface area contributed by atoms with Crippen LogP contribution < -0.4 is 4.90 Å². The highest BCUT2D eigenvalue weighted by atomic mass is 32.2. The number of amides is 1. The molecule has 1 aliphatic heterocycles. The Morgan fingerprint density at radius 2 is 2.04 bits per heavy atom. The number of ether oxygens (including phenoxy) is 1. The summed E-state index contributed by atoms with van der Waals surface area (Å²) >= 11 is 1.51. The molecule has 5 heteroatoms. The number of aryl methyl sites for hydroxylation is 1. The van der Waals surface area contributed by atoms with Crippen LogP contribution in [0.2, 0.25) is 0 Å². The summed E-state index contributed by atoms with van der Waals surface area (Å²) in [5.41, 5.74) is 3.50. The number of carbonyl (C=O) groups is 2. The average molecular weight is 341 g/mol. The molecule has 0 atom stereocenters. The van der Waals surface area contributed by atoms with E-state index in [0.717, 1.165) is 21.7 Å². The van der Waals surface area contributed by atoms with Crippen molar-refractivity contribution in [2.24, 2.45) is 0 Å². The Labute approximate surface area is 145 Å². The summed E-state index contributed by atoms with van der Waals surface area (Å²) < 4.78 is 5.07. The standard InChI is InChI=1S/C19H19NO3S/c1-3-23-19(22)14-8-9-17-16(10-14)20(18(21)12-24-17)11-15-7-5-4-6-13(15)2/h4-10H,3,11-12H2,1-2H3. The molecule has 0 unspecified atom stereocenters. The van der Waals surface area contributed by atoms with Crippen LogP contribution in [0.1, 0.15) is 28.4 Å². The summed E-state index contributed by atoms with van der Waals surface area (Å²) in [5, 5.41) is 0. The molecule has 0 radical (unpaired) electrons. The molecule has 24 heavy (non-hydrogen) atoms. The van der Waals surface area contributed by atoms with Crippen LogP contribution in [-0.2, 0) is 16.1 Å². The van der Waals surface area contributed by atoms with Crippen LogP contribution in [0.15, 0.2) is 47.4 Å². The zero-order chi connectivity index (χ0) is 17.1. The van der Waals surface area contributed by atoms with E-state index in [4.69, 9.17) is 4.74 Å². The van der Waals surface area contributed by atoms with Crippen LogP contribution in [0.5, 0.6) is 0 Å². The van der Waals surface area contributed by atoms with Gasteiger partial charge in [-0.05, 0) is 43.2 Å². The van der Waals surface area contributed by atoms with E-state index in [9.17, 15) is 9.59 Å². The van der Waals surface area contributed by atoms with Gasteiger partial charge in [-0.25, -0.2) is 4.79 Å². The van der Waals surface area contributed by atoms with Gasteiger partial charge in [0.25, 0.3) is 0 Å². The van der Waals surface area contributed by atoms with Crippen molar-refractivity contribution in [1.29, 1.82) is 0 Å². The molecule has 1 aliphatic rings.